The molecule has 0 N–H and O–H groups in total. The number of aromatic nitrogens is 2. The molecule has 0 atom stereocenters. The van der Waals surface area contributed by atoms with Crippen LogP contribution in [-0.4, -0.2) is 14.9 Å². The van der Waals surface area contributed by atoms with E-state index in [-0.39, 0.29) is 27.9 Å². The molecule has 0 radical (unpaired) electrons. The predicted octanol–water partition coefficient (Wildman–Crippen LogP) is 3.15. The number of hydrogen-bond donors (Lipinski definition) is 0. The Morgan fingerprint density at radius 3 is 2.61 bits per heavy atom. The van der Waals surface area contributed by atoms with Crippen molar-refractivity contribution in [2.24, 2.45) is 0 Å². The van der Waals surface area contributed by atoms with Gasteiger partial charge in [-0.05, 0) is 30.7 Å². The minimum absolute atomic E-state index is 0.0246. The maximum Gasteiger partial charge on any atom is 0.316 e. The summed E-state index contributed by atoms with van der Waals surface area (Å²) >= 11 is 5.66. The Labute approximate surface area is 106 Å². The minimum Gasteiger partial charge on any atom is -0.258 e. The van der Waals surface area contributed by atoms with E-state index in [1.54, 1.807) is 6.07 Å². The largest absolute Gasteiger partial charge is 0.316 e. The first kappa shape index (κ1) is 12.4. The van der Waals surface area contributed by atoms with Crippen molar-refractivity contribution in [3.05, 3.63) is 51.2 Å². The van der Waals surface area contributed by atoms with Gasteiger partial charge < -0.3 is 0 Å². The molecule has 5 nitrogen and oxygen atoms in total. The summed E-state index contributed by atoms with van der Waals surface area (Å²) in [6.07, 6.45) is 0. The van der Waals surface area contributed by atoms with Gasteiger partial charge in [0.1, 0.15) is 11.5 Å². The predicted molar refractivity (Wildman–Crippen MR) is 63.8 cm³/mol. The average Bonchev–Trinajstić information content (AvgIpc) is 2.27. The Morgan fingerprint density at radius 2 is 2.00 bits per heavy atom. The molecule has 18 heavy (non-hydrogen) atoms. The van der Waals surface area contributed by atoms with Gasteiger partial charge >= 0.3 is 5.69 Å². The van der Waals surface area contributed by atoms with Crippen LogP contribution in [0.1, 0.15) is 5.69 Å². The van der Waals surface area contributed by atoms with Crippen LogP contribution >= 0.6 is 11.6 Å². The SMILES string of the molecule is Cc1nc(Cl)nc(-c2ccccc2F)c1[N+](=O)[O-]. The fourth-order valence-electron chi connectivity index (χ4n) is 1.59. The van der Waals surface area contributed by atoms with Crippen molar-refractivity contribution in [3.63, 3.8) is 0 Å². The van der Waals surface area contributed by atoms with Gasteiger partial charge in [-0.2, -0.15) is 0 Å². The summed E-state index contributed by atoms with van der Waals surface area (Å²) in [5.41, 5.74) is -0.338. The lowest BCUT2D eigenvalue weighted by Crippen LogP contribution is -2.02. The van der Waals surface area contributed by atoms with Crippen LogP contribution < -0.4 is 0 Å². The van der Waals surface area contributed by atoms with Gasteiger partial charge in [0, 0.05) is 5.56 Å². The van der Waals surface area contributed by atoms with Crippen LogP contribution in [0.25, 0.3) is 11.3 Å². The highest BCUT2D eigenvalue weighted by molar-refractivity contribution is 6.28. The van der Waals surface area contributed by atoms with Crippen LogP contribution in [0.4, 0.5) is 10.1 Å². The fourth-order valence-corrected chi connectivity index (χ4v) is 1.80. The molecular formula is C11H7ClFN3O2. The maximum atomic E-state index is 13.7. The topological polar surface area (TPSA) is 68.9 Å². The van der Waals surface area contributed by atoms with Gasteiger partial charge in [0.2, 0.25) is 5.28 Å². The van der Waals surface area contributed by atoms with E-state index in [0.29, 0.717) is 0 Å². The Hall–Kier alpha value is -2.08. The van der Waals surface area contributed by atoms with Gasteiger partial charge in [0.15, 0.2) is 5.69 Å². The van der Waals surface area contributed by atoms with Gasteiger partial charge in [-0.1, -0.05) is 12.1 Å². The van der Waals surface area contributed by atoms with Crippen molar-refractivity contribution in [1.82, 2.24) is 9.97 Å². The number of benzene rings is 1. The first-order valence-corrected chi connectivity index (χ1v) is 5.32. The number of nitrogens with zero attached hydrogens (tertiary/aromatic N) is 3. The molecule has 0 saturated heterocycles. The summed E-state index contributed by atoms with van der Waals surface area (Å²) in [7, 11) is 0. The lowest BCUT2D eigenvalue weighted by atomic mass is 10.1. The van der Waals surface area contributed by atoms with Crippen molar-refractivity contribution in [3.8, 4) is 11.3 Å². The molecule has 0 unspecified atom stereocenters. The van der Waals surface area contributed by atoms with Crippen molar-refractivity contribution in [1.29, 1.82) is 0 Å². The number of halogens is 2. The Morgan fingerprint density at radius 1 is 1.33 bits per heavy atom. The fraction of sp³-hybridized carbons (Fsp3) is 0.0909. The van der Waals surface area contributed by atoms with Crippen LogP contribution in [0.15, 0.2) is 24.3 Å². The van der Waals surface area contributed by atoms with Crippen molar-refractivity contribution in [2.75, 3.05) is 0 Å². The third kappa shape index (κ3) is 2.14. The maximum absolute atomic E-state index is 13.7. The molecule has 0 amide bonds. The summed E-state index contributed by atoms with van der Waals surface area (Å²) in [4.78, 5) is 17.8. The number of rotatable bonds is 2. The summed E-state index contributed by atoms with van der Waals surface area (Å²) in [5, 5.41) is 10.8. The van der Waals surface area contributed by atoms with Crippen LogP contribution in [0.2, 0.25) is 5.28 Å². The second kappa shape index (κ2) is 4.66. The van der Waals surface area contributed by atoms with E-state index in [2.05, 4.69) is 9.97 Å². The monoisotopic (exact) mass is 267 g/mol. The van der Waals surface area contributed by atoms with Crippen LogP contribution in [0, 0.1) is 22.9 Å². The summed E-state index contributed by atoms with van der Waals surface area (Å²) in [6.45, 7) is 1.43. The van der Waals surface area contributed by atoms with Crippen LogP contribution in [0.3, 0.4) is 0 Å². The summed E-state index contributed by atoms with van der Waals surface area (Å²) in [5.74, 6) is -0.602. The Balaban J connectivity index is 2.78. The van der Waals surface area contributed by atoms with E-state index in [0.717, 1.165) is 0 Å². The molecule has 1 aromatic carbocycles. The minimum atomic E-state index is -0.645. The molecule has 7 heteroatoms. The standard InChI is InChI=1S/C11H7ClFN3O2/c1-6-10(16(17)18)9(15-11(12)14-6)7-4-2-3-5-8(7)13/h2-5H,1H3. The van der Waals surface area contributed by atoms with E-state index in [1.165, 1.54) is 25.1 Å². The molecule has 92 valence electrons. The van der Waals surface area contributed by atoms with E-state index in [4.69, 9.17) is 11.6 Å². The van der Waals surface area contributed by atoms with Crippen molar-refractivity contribution < 1.29 is 9.31 Å². The molecule has 0 aliphatic heterocycles. The summed E-state index contributed by atoms with van der Waals surface area (Å²) < 4.78 is 13.7. The molecule has 1 heterocycles. The van der Waals surface area contributed by atoms with E-state index >= 15 is 0 Å². The second-order valence-electron chi connectivity index (χ2n) is 3.51. The molecule has 0 saturated carbocycles. The zero-order chi connectivity index (χ0) is 13.3. The van der Waals surface area contributed by atoms with Crippen LogP contribution in [0.5, 0.6) is 0 Å². The molecule has 2 aromatic rings. The molecule has 0 aliphatic carbocycles. The van der Waals surface area contributed by atoms with Crippen molar-refractivity contribution in [2.45, 2.75) is 6.92 Å². The van der Waals surface area contributed by atoms with E-state index < -0.39 is 10.7 Å². The van der Waals surface area contributed by atoms with E-state index in [1.807, 2.05) is 0 Å². The lowest BCUT2D eigenvalue weighted by molar-refractivity contribution is -0.385. The number of nitro groups is 1. The molecule has 0 spiro atoms. The van der Waals surface area contributed by atoms with Crippen LogP contribution in [-0.2, 0) is 0 Å². The highest BCUT2D eigenvalue weighted by Crippen LogP contribution is 2.32. The Kier molecular flexibility index (Phi) is 3.20. The van der Waals surface area contributed by atoms with E-state index in [9.17, 15) is 14.5 Å². The zero-order valence-electron chi connectivity index (χ0n) is 9.22. The molecule has 0 fully saturated rings. The molecule has 2 rings (SSSR count). The molecule has 1 aromatic heterocycles. The average molecular weight is 268 g/mol. The van der Waals surface area contributed by atoms with Gasteiger partial charge in [0.05, 0.1) is 4.92 Å². The second-order valence-corrected chi connectivity index (χ2v) is 3.85. The quantitative estimate of drug-likeness (QED) is 0.476. The third-order valence-electron chi connectivity index (χ3n) is 2.34. The number of aryl methyl sites for hydroxylation is 1. The highest BCUT2D eigenvalue weighted by atomic mass is 35.5. The Bertz CT molecular complexity index is 634. The summed E-state index contributed by atoms with van der Waals surface area (Å²) in [6, 6.07) is 5.65. The van der Waals surface area contributed by atoms with Gasteiger partial charge in [-0.3, -0.25) is 10.1 Å². The first-order valence-electron chi connectivity index (χ1n) is 4.94. The van der Waals surface area contributed by atoms with Gasteiger partial charge in [0.25, 0.3) is 0 Å². The van der Waals surface area contributed by atoms with Crippen molar-refractivity contribution >= 4 is 17.3 Å². The molecule has 0 aliphatic rings. The van der Waals surface area contributed by atoms with Gasteiger partial charge in [-0.25, -0.2) is 14.4 Å². The molecule has 0 bridgehead atoms. The lowest BCUT2D eigenvalue weighted by Gasteiger charge is -2.05. The third-order valence-corrected chi connectivity index (χ3v) is 2.51. The molecular weight excluding hydrogens is 261 g/mol. The normalized spacial score (nSPS) is 10.4. The van der Waals surface area contributed by atoms with Gasteiger partial charge in [-0.15, -0.1) is 0 Å². The zero-order valence-corrected chi connectivity index (χ0v) is 9.98. The smallest absolute Gasteiger partial charge is 0.258 e. The first-order chi connectivity index (χ1) is 8.50. The highest BCUT2D eigenvalue weighted by Gasteiger charge is 2.24. The number of hydrogen-bond acceptors (Lipinski definition) is 4.